The van der Waals surface area contributed by atoms with Crippen LogP contribution in [0.5, 0.6) is 0 Å². The molecule has 96 valence electrons. The van der Waals surface area contributed by atoms with Gasteiger partial charge < -0.3 is 5.73 Å². The molecule has 19 heavy (non-hydrogen) atoms. The first-order valence-electron chi connectivity index (χ1n) is 5.45. The Kier molecular flexibility index (Phi) is 3.06. The summed E-state index contributed by atoms with van der Waals surface area (Å²) in [6.45, 7) is 0. The second-order valence-corrected chi connectivity index (χ2v) is 5.81. The molecule has 0 aliphatic carbocycles. The highest BCUT2D eigenvalue weighted by Gasteiger charge is 2.13. The first-order valence-corrected chi connectivity index (χ1v) is 7.04. The summed E-state index contributed by atoms with van der Waals surface area (Å²) in [7, 11) is 0. The van der Waals surface area contributed by atoms with Gasteiger partial charge in [0.25, 0.3) is 0 Å². The monoisotopic (exact) mass is 383 g/mol. The van der Waals surface area contributed by atoms with E-state index in [1.807, 2.05) is 24.3 Å². The Balaban J connectivity index is 2.34. The SMILES string of the molecule is Nc1nc2cc(F)c(Br)cc2n1-c1cccc(Br)c1. The van der Waals surface area contributed by atoms with Crippen molar-refractivity contribution in [2.75, 3.05) is 5.73 Å². The van der Waals surface area contributed by atoms with Crippen molar-refractivity contribution in [1.82, 2.24) is 9.55 Å². The number of nitrogens with two attached hydrogens (primary N) is 1. The quantitative estimate of drug-likeness (QED) is 0.680. The van der Waals surface area contributed by atoms with Crippen molar-refractivity contribution < 1.29 is 4.39 Å². The molecule has 0 amide bonds. The number of nitrogens with zero attached hydrogens (tertiary/aromatic N) is 2. The van der Waals surface area contributed by atoms with Crippen LogP contribution in [0.1, 0.15) is 0 Å². The van der Waals surface area contributed by atoms with Crippen LogP contribution in [0.4, 0.5) is 10.3 Å². The molecular formula is C13H8Br2FN3. The van der Waals surface area contributed by atoms with Gasteiger partial charge >= 0.3 is 0 Å². The van der Waals surface area contributed by atoms with Crippen LogP contribution in [0.2, 0.25) is 0 Å². The normalized spacial score (nSPS) is 11.1. The lowest BCUT2D eigenvalue weighted by Gasteiger charge is -2.07. The van der Waals surface area contributed by atoms with Gasteiger partial charge in [0.05, 0.1) is 21.2 Å². The van der Waals surface area contributed by atoms with Gasteiger partial charge in [-0.1, -0.05) is 22.0 Å². The number of benzene rings is 2. The Hall–Kier alpha value is -1.40. The topological polar surface area (TPSA) is 43.8 Å². The minimum atomic E-state index is -0.355. The van der Waals surface area contributed by atoms with Crippen molar-refractivity contribution in [3.8, 4) is 5.69 Å². The molecule has 6 heteroatoms. The first kappa shape index (κ1) is 12.6. The van der Waals surface area contributed by atoms with Gasteiger partial charge in [-0.25, -0.2) is 9.37 Å². The molecule has 0 aliphatic rings. The fourth-order valence-electron chi connectivity index (χ4n) is 1.98. The number of halogens is 3. The van der Waals surface area contributed by atoms with Gasteiger partial charge in [-0.05, 0) is 40.2 Å². The molecule has 0 fully saturated rings. The maximum absolute atomic E-state index is 13.5. The molecule has 2 aromatic carbocycles. The second kappa shape index (κ2) is 4.61. The van der Waals surface area contributed by atoms with Crippen LogP contribution in [0.15, 0.2) is 45.3 Å². The fourth-order valence-corrected chi connectivity index (χ4v) is 2.70. The number of nitrogen functional groups attached to an aromatic ring is 1. The minimum absolute atomic E-state index is 0.325. The van der Waals surface area contributed by atoms with Crippen molar-refractivity contribution in [2.45, 2.75) is 0 Å². The van der Waals surface area contributed by atoms with E-state index in [1.54, 1.807) is 10.6 Å². The molecule has 0 aliphatic heterocycles. The Morgan fingerprint density at radius 1 is 1.16 bits per heavy atom. The zero-order valence-corrected chi connectivity index (χ0v) is 12.7. The molecule has 1 aromatic heterocycles. The summed E-state index contributed by atoms with van der Waals surface area (Å²) in [6.07, 6.45) is 0. The molecular weight excluding hydrogens is 377 g/mol. The third-order valence-electron chi connectivity index (χ3n) is 2.79. The Morgan fingerprint density at radius 3 is 2.68 bits per heavy atom. The average Bonchev–Trinajstić information content (AvgIpc) is 2.65. The predicted molar refractivity (Wildman–Crippen MR) is 80.8 cm³/mol. The van der Waals surface area contributed by atoms with Gasteiger partial charge in [-0.2, -0.15) is 0 Å². The van der Waals surface area contributed by atoms with Gasteiger partial charge in [-0.3, -0.25) is 4.57 Å². The molecule has 0 atom stereocenters. The third-order valence-corrected chi connectivity index (χ3v) is 3.89. The number of imidazole rings is 1. The Bertz CT molecular complexity index is 783. The van der Waals surface area contributed by atoms with E-state index in [9.17, 15) is 4.39 Å². The highest BCUT2D eigenvalue weighted by Crippen LogP contribution is 2.28. The van der Waals surface area contributed by atoms with Gasteiger partial charge in [0, 0.05) is 10.5 Å². The van der Waals surface area contributed by atoms with E-state index >= 15 is 0 Å². The molecule has 0 saturated carbocycles. The van der Waals surface area contributed by atoms with E-state index in [0.29, 0.717) is 15.9 Å². The van der Waals surface area contributed by atoms with Crippen LogP contribution in [-0.2, 0) is 0 Å². The smallest absolute Gasteiger partial charge is 0.205 e. The van der Waals surface area contributed by atoms with Crippen molar-refractivity contribution in [1.29, 1.82) is 0 Å². The lowest BCUT2D eigenvalue weighted by atomic mass is 10.2. The maximum atomic E-state index is 13.5. The number of rotatable bonds is 1. The van der Waals surface area contributed by atoms with E-state index < -0.39 is 0 Å². The summed E-state index contributed by atoms with van der Waals surface area (Å²) in [5.41, 5.74) is 8.08. The average molecular weight is 385 g/mol. The molecule has 0 unspecified atom stereocenters. The highest BCUT2D eigenvalue weighted by atomic mass is 79.9. The fraction of sp³-hybridized carbons (Fsp3) is 0. The summed E-state index contributed by atoms with van der Waals surface area (Å²) in [5, 5.41) is 0. The zero-order chi connectivity index (χ0) is 13.6. The Morgan fingerprint density at radius 2 is 1.95 bits per heavy atom. The summed E-state index contributed by atoms with van der Waals surface area (Å²) in [5.74, 6) is -0.0306. The minimum Gasteiger partial charge on any atom is -0.369 e. The molecule has 1 heterocycles. The zero-order valence-electron chi connectivity index (χ0n) is 9.57. The molecule has 0 spiro atoms. The van der Waals surface area contributed by atoms with E-state index in [0.717, 1.165) is 15.7 Å². The molecule has 0 bridgehead atoms. The van der Waals surface area contributed by atoms with Gasteiger partial charge in [0.1, 0.15) is 5.82 Å². The summed E-state index contributed by atoms with van der Waals surface area (Å²) in [6, 6.07) is 10.7. The molecule has 3 aromatic rings. The van der Waals surface area contributed by atoms with Gasteiger partial charge in [0.15, 0.2) is 0 Å². The van der Waals surface area contributed by atoms with Crippen LogP contribution in [-0.4, -0.2) is 9.55 Å². The van der Waals surface area contributed by atoms with E-state index in [4.69, 9.17) is 5.73 Å². The van der Waals surface area contributed by atoms with Crippen LogP contribution in [0, 0.1) is 5.82 Å². The summed E-state index contributed by atoms with van der Waals surface area (Å²) < 4.78 is 16.6. The van der Waals surface area contributed by atoms with Crippen molar-refractivity contribution >= 4 is 48.8 Å². The molecule has 3 nitrogen and oxygen atoms in total. The molecule has 0 saturated heterocycles. The number of hydrogen-bond donors (Lipinski definition) is 1. The van der Waals surface area contributed by atoms with Crippen LogP contribution in [0.3, 0.4) is 0 Å². The van der Waals surface area contributed by atoms with E-state index in [2.05, 4.69) is 36.8 Å². The Labute approximate surface area is 125 Å². The predicted octanol–water partition coefficient (Wildman–Crippen LogP) is 4.27. The first-order chi connectivity index (χ1) is 9.06. The molecule has 0 radical (unpaired) electrons. The highest BCUT2D eigenvalue weighted by molar-refractivity contribution is 9.10. The lowest BCUT2D eigenvalue weighted by molar-refractivity contribution is 0.623. The molecule has 2 N–H and O–H groups in total. The summed E-state index contributed by atoms with van der Waals surface area (Å²) >= 11 is 6.60. The third kappa shape index (κ3) is 2.15. The number of aromatic nitrogens is 2. The lowest BCUT2D eigenvalue weighted by Crippen LogP contribution is -2.00. The van der Waals surface area contributed by atoms with Gasteiger partial charge in [0.2, 0.25) is 5.95 Å². The van der Waals surface area contributed by atoms with Crippen molar-refractivity contribution in [3.05, 3.63) is 51.2 Å². The number of hydrogen-bond acceptors (Lipinski definition) is 2. The van der Waals surface area contributed by atoms with E-state index in [-0.39, 0.29) is 5.82 Å². The molecule has 3 rings (SSSR count). The maximum Gasteiger partial charge on any atom is 0.205 e. The van der Waals surface area contributed by atoms with Crippen LogP contribution in [0.25, 0.3) is 16.7 Å². The van der Waals surface area contributed by atoms with E-state index in [1.165, 1.54) is 6.07 Å². The number of fused-ring (bicyclic) bond motifs is 1. The van der Waals surface area contributed by atoms with Crippen LogP contribution >= 0.6 is 31.9 Å². The van der Waals surface area contributed by atoms with Crippen molar-refractivity contribution in [3.63, 3.8) is 0 Å². The number of anilines is 1. The van der Waals surface area contributed by atoms with Gasteiger partial charge in [-0.15, -0.1) is 0 Å². The van der Waals surface area contributed by atoms with Crippen LogP contribution < -0.4 is 5.73 Å². The second-order valence-electron chi connectivity index (χ2n) is 4.04. The standard InChI is InChI=1S/C13H8Br2FN3/c14-7-2-1-3-8(4-7)19-12-5-9(15)10(16)6-11(12)18-13(19)17/h1-6H,(H2,17,18). The largest absolute Gasteiger partial charge is 0.369 e. The summed E-state index contributed by atoms with van der Waals surface area (Å²) in [4.78, 5) is 4.19. The van der Waals surface area contributed by atoms with Crippen molar-refractivity contribution in [2.24, 2.45) is 0 Å².